The maximum Gasteiger partial charge on any atom is 0.101 e. The molecule has 3 nitrogen and oxygen atoms in total. The molecule has 0 amide bonds. The van der Waals surface area contributed by atoms with Gasteiger partial charge in [-0.05, 0) is 36.8 Å². The molecule has 2 bridgehead atoms. The third-order valence-corrected chi connectivity index (χ3v) is 4.49. The van der Waals surface area contributed by atoms with E-state index < -0.39 is 0 Å². The third kappa shape index (κ3) is 1.91. The average Bonchev–Trinajstić information content (AvgIpc) is 2.98. The van der Waals surface area contributed by atoms with Crippen LogP contribution in [0.3, 0.4) is 0 Å². The van der Waals surface area contributed by atoms with Gasteiger partial charge >= 0.3 is 0 Å². The van der Waals surface area contributed by atoms with Crippen LogP contribution in [0.4, 0.5) is 0 Å². The Morgan fingerprint density at radius 1 is 1.00 bits per heavy atom. The number of nitrogens with zero attached hydrogens (tertiary/aromatic N) is 3. The van der Waals surface area contributed by atoms with Crippen molar-refractivity contribution in [1.29, 1.82) is 0 Å². The van der Waals surface area contributed by atoms with Crippen LogP contribution in [0.25, 0.3) is 45.0 Å². The van der Waals surface area contributed by atoms with Crippen molar-refractivity contribution in [1.82, 2.24) is 14.8 Å². The highest BCUT2D eigenvalue weighted by Crippen LogP contribution is 2.33. The largest absolute Gasteiger partial charge is 0.256 e. The first-order valence-corrected chi connectivity index (χ1v) is 8.02. The van der Waals surface area contributed by atoms with Gasteiger partial charge in [-0.25, -0.2) is 4.68 Å². The molecule has 0 aliphatic heterocycles. The van der Waals surface area contributed by atoms with Crippen molar-refractivity contribution in [3.05, 3.63) is 71.9 Å². The Kier molecular flexibility index (Phi) is 2.71. The molecule has 0 N–H and O–H groups in total. The maximum absolute atomic E-state index is 4.83. The first kappa shape index (κ1) is 13.3. The molecule has 2 heterocycles. The van der Waals surface area contributed by atoms with Crippen molar-refractivity contribution in [3.63, 3.8) is 0 Å². The minimum absolute atomic E-state index is 1.02. The van der Waals surface area contributed by atoms with Crippen molar-refractivity contribution in [2.24, 2.45) is 0 Å². The Hall–Kier alpha value is -3.20. The second kappa shape index (κ2) is 4.90. The van der Waals surface area contributed by atoms with Crippen LogP contribution in [0.5, 0.6) is 0 Å². The van der Waals surface area contributed by atoms with Crippen LogP contribution in [0.2, 0.25) is 0 Å². The van der Waals surface area contributed by atoms with Gasteiger partial charge in [0.15, 0.2) is 0 Å². The van der Waals surface area contributed by atoms with Gasteiger partial charge in [-0.3, -0.25) is 4.98 Å². The summed E-state index contributed by atoms with van der Waals surface area (Å²) < 4.78 is 1.96. The van der Waals surface area contributed by atoms with Gasteiger partial charge in [0.25, 0.3) is 0 Å². The standard InChI is InChI=1S/C21H15N3/c1-14-4-2-5-15(12-14)9-11-24-19-7-3-6-17-18-13-16(8-10-22-18)21(23-24)20(17)19/h2-13H,1H3. The molecule has 2 aromatic heterocycles. The van der Waals surface area contributed by atoms with Gasteiger partial charge in [0, 0.05) is 28.6 Å². The molecule has 0 radical (unpaired) electrons. The minimum atomic E-state index is 1.02. The topological polar surface area (TPSA) is 30.7 Å². The Balaban J connectivity index is 1.76. The minimum Gasteiger partial charge on any atom is -0.256 e. The molecule has 0 saturated carbocycles. The SMILES string of the molecule is Cc1cccc(C=Cn2nc3c4ccnc(c4)c4cccc2c43)c1. The van der Waals surface area contributed by atoms with E-state index in [1.807, 2.05) is 23.1 Å². The second-order valence-electron chi connectivity index (χ2n) is 6.15. The van der Waals surface area contributed by atoms with Crippen LogP contribution in [0.1, 0.15) is 11.1 Å². The lowest BCUT2D eigenvalue weighted by atomic mass is 10.0. The molecule has 0 aliphatic rings. The lowest BCUT2D eigenvalue weighted by Gasteiger charge is -2.02. The van der Waals surface area contributed by atoms with Crippen LogP contribution in [-0.2, 0) is 0 Å². The summed E-state index contributed by atoms with van der Waals surface area (Å²) in [5, 5.41) is 8.31. The second-order valence-corrected chi connectivity index (χ2v) is 6.15. The Morgan fingerprint density at radius 2 is 1.92 bits per heavy atom. The highest BCUT2D eigenvalue weighted by Gasteiger charge is 2.13. The van der Waals surface area contributed by atoms with Crippen LogP contribution in [0.15, 0.2) is 60.8 Å². The number of rotatable bonds is 2. The molecule has 0 saturated heterocycles. The van der Waals surface area contributed by atoms with E-state index >= 15 is 0 Å². The monoisotopic (exact) mass is 309 g/mol. The summed E-state index contributed by atoms with van der Waals surface area (Å²) in [6.07, 6.45) is 5.99. The third-order valence-electron chi connectivity index (χ3n) is 4.49. The van der Waals surface area contributed by atoms with Gasteiger partial charge in [-0.1, -0.05) is 42.0 Å². The van der Waals surface area contributed by atoms with E-state index in [1.54, 1.807) is 0 Å². The van der Waals surface area contributed by atoms with Crippen molar-refractivity contribution >= 4 is 45.0 Å². The van der Waals surface area contributed by atoms with Gasteiger partial charge in [-0.2, -0.15) is 5.10 Å². The summed E-state index contributed by atoms with van der Waals surface area (Å²) in [6.45, 7) is 2.10. The molecule has 0 unspecified atom stereocenters. The summed E-state index contributed by atoms with van der Waals surface area (Å²) in [5.41, 5.74) is 5.59. The fraction of sp³-hybridized carbons (Fsp3) is 0.0476. The van der Waals surface area contributed by atoms with Crippen molar-refractivity contribution in [2.75, 3.05) is 0 Å². The van der Waals surface area contributed by atoms with Gasteiger partial charge in [0.1, 0.15) is 5.52 Å². The van der Waals surface area contributed by atoms with E-state index in [9.17, 15) is 0 Å². The number of fused-ring (bicyclic) bond motifs is 4. The average molecular weight is 309 g/mol. The fourth-order valence-electron chi connectivity index (χ4n) is 3.38. The van der Waals surface area contributed by atoms with Crippen LogP contribution in [0, 0.1) is 6.92 Å². The predicted octanol–water partition coefficient (Wildman–Crippen LogP) is 5.11. The Morgan fingerprint density at radius 3 is 2.83 bits per heavy atom. The molecular formula is C21H15N3. The number of aromatic nitrogens is 3. The van der Waals surface area contributed by atoms with Gasteiger partial charge in [0.2, 0.25) is 0 Å². The van der Waals surface area contributed by atoms with Gasteiger partial charge in [-0.15, -0.1) is 0 Å². The van der Waals surface area contributed by atoms with Crippen molar-refractivity contribution in [2.45, 2.75) is 6.92 Å². The molecule has 3 heteroatoms. The first-order valence-electron chi connectivity index (χ1n) is 8.02. The van der Waals surface area contributed by atoms with E-state index in [0.29, 0.717) is 0 Å². The Labute approximate surface area is 139 Å². The van der Waals surface area contributed by atoms with Crippen molar-refractivity contribution in [3.8, 4) is 0 Å². The van der Waals surface area contributed by atoms with Gasteiger partial charge in [0.05, 0.1) is 11.0 Å². The molecule has 114 valence electrons. The fourth-order valence-corrected chi connectivity index (χ4v) is 3.38. The number of benzene rings is 3. The molecule has 5 aromatic rings. The summed E-state index contributed by atoms with van der Waals surface area (Å²) in [4.78, 5) is 4.49. The number of aryl methyl sites for hydroxylation is 1. The van der Waals surface area contributed by atoms with Crippen LogP contribution in [-0.4, -0.2) is 14.8 Å². The molecule has 5 rings (SSSR count). The molecule has 0 spiro atoms. The van der Waals surface area contributed by atoms with E-state index in [2.05, 4.69) is 66.5 Å². The van der Waals surface area contributed by atoms with Gasteiger partial charge < -0.3 is 0 Å². The predicted molar refractivity (Wildman–Crippen MR) is 100 cm³/mol. The molecule has 24 heavy (non-hydrogen) atoms. The molecule has 0 fully saturated rings. The smallest absolute Gasteiger partial charge is 0.101 e. The zero-order valence-corrected chi connectivity index (χ0v) is 13.3. The van der Waals surface area contributed by atoms with E-state index in [1.165, 1.54) is 16.5 Å². The number of hydrogen-bond acceptors (Lipinski definition) is 2. The Bertz CT molecular complexity index is 1210. The summed E-state index contributed by atoms with van der Waals surface area (Å²) >= 11 is 0. The zero-order chi connectivity index (χ0) is 16.1. The summed E-state index contributed by atoms with van der Waals surface area (Å²) in [5.74, 6) is 0. The number of pyridine rings is 1. The molecular weight excluding hydrogens is 294 g/mol. The summed E-state index contributed by atoms with van der Waals surface area (Å²) in [6, 6.07) is 18.9. The quantitative estimate of drug-likeness (QED) is 0.453. The normalized spacial score (nSPS) is 12.2. The number of hydrogen-bond donors (Lipinski definition) is 0. The van der Waals surface area contributed by atoms with Crippen molar-refractivity contribution < 1.29 is 0 Å². The van der Waals surface area contributed by atoms with E-state index in [-0.39, 0.29) is 0 Å². The molecule has 0 atom stereocenters. The molecule has 0 aliphatic carbocycles. The molecule has 3 aromatic carbocycles. The lowest BCUT2D eigenvalue weighted by molar-refractivity contribution is 0.993. The first-order chi connectivity index (χ1) is 11.8. The van der Waals surface area contributed by atoms with E-state index in [4.69, 9.17) is 5.10 Å². The zero-order valence-electron chi connectivity index (χ0n) is 13.3. The van der Waals surface area contributed by atoms with Crippen LogP contribution >= 0.6 is 0 Å². The maximum atomic E-state index is 4.83. The van der Waals surface area contributed by atoms with Crippen LogP contribution < -0.4 is 0 Å². The highest BCUT2D eigenvalue weighted by molar-refractivity contribution is 6.19. The lowest BCUT2D eigenvalue weighted by Crippen LogP contribution is -1.87. The van der Waals surface area contributed by atoms with E-state index in [0.717, 1.165) is 27.3 Å². The summed E-state index contributed by atoms with van der Waals surface area (Å²) in [7, 11) is 0. The highest BCUT2D eigenvalue weighted by atomic mass is 15.3.